The third-order valence-corrected chi connectivity index (χ3v) is 6.07. The highest BCUT2D eigenvalue weighted by Gasteiger charge is 2.41. The molecule has 1 aromatic heterocycles. The highest BCUT2D eigenvalue weighted by Crippen LogP contribution is 2.49. The molecule has 0 saturated carbocycles. The Morgan fingerprint density at radius 3 is 2.44 bits per heavy atom. The minimum absolute atomic E-state index is 0.0752. The summed E-state index contributed by atoms with van der Waals surface area (Å²) in [5.41, 5.74) is 3.46. The lowest BCUT2D eigenvalue weighted by Gasteiger charge is -2.33. The monoisotopic (exact) mass is 464 g/mol. The Kier molecular flexibility index (Phi) is 4.77. The number of nitrogens with zero attached hydrogens (tertiary/aromatic N) is 2. The maximum absolute atomic E-state index is 12.1. The van der Waals surface area contributed by atoms with E-state index in [9.17, 15) is 9.90 Å². The first kappa shape index (κ1) is 20.6. The summed E-state index contributed by atoms with van der Waals surface area (Å²) in [4.78, 5) is 12.1. The molecule has 0 bridgehead atoms. The maximum atomic E-state index is 12.1. The lowest BCUT2D eigenvalue weighted by molar-refractivity contribution is 0.0665. The largest absolute Gasteiger partial charge is 0.482 e. The molecule has 0 radical (unpaired) electrons. The first-order chi connectivity index (χ1) is 15.3. The van der Waals surface area contributed by atoms with Gasteiger partial charge in [-0.1, -0.05) is 59.6 Å². The van der Waals surface area contributed by atoms with Crippen molar-refractivity contribution < 1.29 is 14.6 Å². The van der Waals surface area contributed by atoms with Crippen LogP contribution < -0.4 is 4.74 Å². The summed E-state index contributed by atoms with van der Waals surface area (Å²) in [6.45, 7) is 3.68. The first-order valence-corrected chi connectivity index (χ1v) is 10.7. The van der Waals surface area contributed by atoms with E-state index in [2.05, 4.69) is 5.10 Å². The molecule has 7 heteroatoms. The fraction of sp³-hybridized carbons (Fsp3) is 0.120. The van der Waals surface area contributed by atoms with E-state index in [4.69, 9.17) is 27.9 Å². The Hall–Kier alpha value is -3.28. The molecular weight excluding hydrogens is 447 g/mol. The molecule has 160 valence electrons. The highest BCUT2D eigenvalue weighted by molar-refractivity contribution is 6.35. The van der Waals surface area contributed by atoms with E-state index in [0.717, 1.165) is 16.7 Å². The van der Waals surface area contributed by atoms with Gasteiger partial charge in [0.2, 0.25) is 0 Å². The van der Waals surface area contributed by atoms with Crippen molar-refractivity contribution in [2.75, 3.05) is 0 Å². The van der Waals surface area contributed by atoms with Crippen LogP contribution in [0.1, 0.15) is 29.9 Å². The van der Waals surface area contributed by atoms with Crippen LogP contribution in [0.4, 0.5) is 0 Å². The number of benzene rings is 3. The number of aromatic carboxylic acids is 1. The smallest absolute Gasteiger partial charge is 0.356 e. The number of hydrogen-bond donors (Lipinski definition) is 1. The zero-order chi connectivity index (χ0) is 22.6. The van der Waals surface area contributed by atoms with Crippen molar-refractivity contribution in [2.24, 2.45) is 0 Å². The molecule has 1 aliphatic heterocycles. The van der Waals surface area contributed by atoms with Crippen molar-refractivity contribution >= 4 is 29.2 Å². The van der Waals surface area contributed by atoms with Crippen LogP contribution >= 0.6 is 23.2 Å². The SMILES string of the molecule is CC1(C)Oc2cc(-c3ccccc3)ccc2-c2c1c(C(=O)O)nn2-c1ccc(Cl)cc1Cl. The lowest BCUT2D eigenvalue weighted by atomic mass is 9.88. The molecule has 0 aliphatic carbocycles. The van der Waals surface area contributed by atoms with Gasteiger partial charge in [-0.15, -0.1) is 0 Å². The number of carboxylic acid groups (broad SMARTS) is 1. The summed E-state index contributed by atoms with van der Waals surface area (Å²) < 4.78 is 7.90. The molecule has 0 amide bonds. The lowest BCUT2D eigenvalue weighted by Crippen LogP contribution is -2.31. The topological polar surface area (TPSA) is 64.3 Å². The van der Waals surface area contributed by atoms with E-state index in [1.54, 1.807) is 22.9 Å². The predicted molar refractivity (Wildman–Crippen MR) is 125 cm³/mol. The molecule has 0 atom stereocenters. The molecule has 5 nitrogen and oxygen atoms in total. The van der Waals surface area contributed by atoms with Crippen molar-refractivity contribution in [2.45, 2.75) is 19.4 Å². The van der Waals surface area contributed by atoms with Gasteiger partial charge in [0.05, 0.1) is 22.0 Å². The Morgan fingerprint density at radius 1 is 1.00 bits per heavy atom. The van der Waals surface area contributed by atoms with Gasteiger partial charge in [0.1, 0.15) is 11.4 Å². The van der Waals surface area contributed by atoms with Crippen molar-refractivity contribution in [1.82, 2.24) is 9.78 Å². The molecule has 0 spiro atoms. The van der Waals surface area contributed by atoms with Crippen LogP contribution in [-0.2, 0) is 5.60 Å². The third kappa shape index (κ3) is 3.25. The molecule has 3 aromatic carbocycles. The summed E-state index contributed by atoms with van der Waals surface area (Å²) in [6, 6.07) is 20.9. The average molecular weight is 465 g/mol. The minimum atomic E-state index is -1.13. The van der Waals surface area contributed by atoms with Crippen LogP contribution in [-0.4, -0.2) is 20.9 Å². The van der Waals surface area contributed by atoms with E-state index in [0.29, 0.717) is 32.7 Å². The fourth-order valence-corrected chi connectivity index (χ4v) is 4.64. The van der Waals surface area contributed by atoms with Crippen LogP contribution in [0, 0.1) is 0 Å². The molecule has 4 aromatic rings. The second-order valence-electron chi connectivity index (χ2n) is 8.07. The summed E-state index contributed by atoms with van der Waals surface area (Å²) in [5.74, 6) is -0.488. The van der Waals surface area contributed by atoms with E-state index in [-0.39, 0.29) is 5.69 Å². The van der Waals surface area contributed by atoms with Gasteiger partial charge in [-0.2, -0.15) is 5.10 Å². The van der Waals surface area contributed by atoms with Gasteiger partial charge >= 0.3 is 5.97 Å². The van der Waals surface area contributed by atoms with Crippen LogP contribution in [0.3, 0.4) is 0 Å². The van der Waals surface area contributed by atoms with E-state index in [1.807, 2.05) is 62.4 Å². The van der Waals surface area contributed by atoms with E-state index in [1.165, 1.54) is 0 Å². The highest BCUT2D eigenvalue weighted by atomic mass is 35.5. The molecule has 5 rings (SSSR count). The Bertz CT molecular complexity index is 1380. The minimum Gasteiger partial charge on any atom is -0.482 e. The predicted octanol–water partition coefficient (Wildman–Crippen LogP) is 6.84. The van der Waals surface area contributed by atoms with Gasteiger partial charge in [-0.3, -0.25) is 0 Å². The maximum Gasteiger partial charge on any atom is 0.356 e. The number of hydrogen-bond acceptors (Lipinski definition) is 3. The summed E-state index contributed by atoms with van der Waals surface area (Å²) in [7, 11) is 0. The molecule has 0 unspecified atom stereocenters. The number of fused-ring (bicyclic) bond motifs is 3. The second kappa shape index (κ2) is 7.40. The summed E-state index contributed by atoms with van der Waals surface area (Å²) in [5, 5.41) is 15.2. The van der Waals surface area contributed by atoms with Crippen LogP contribution in [0.2, 0.25) is 10.0 Å². The first-order valence-electron chi connectivity index (χ1n) is 9.97. The summed E-state index contributed by atoms with van der Waals surface area (Å²) >= 11 is 12.6. The van der Waals surface area contributed by atoms with Crippen LogP contribution in [0.15, 0.2) is 66.7 Å². The number of ether oxygens (including phenoxy) is 1. The van der Waals surface area contributed by atoms with Crippen molar-refractivity contribution in [1.29, 1.82) is 0 Å². The van der Waals surface area contributed by atoms with Crippen molar-refractivity contribution in [3.8, 4) is 33.8 Å². The van der Waals surface area contributed by atoms with Crippen LogP contribution in [0.25, 0.3) is 28.1 Å². The van der Waals surface area contributed by atoms with Crippen molar-refractivity contribution in [3.05, 3.63) is 88.0 Å². The number of rotatable bonds is 3. The number of carbonyl (C=O) groups is 1. The average Bonchev–Trinajstić information content (AvgIpc) is 3.16. The molecular formula is C25H18Cl2N2O3. The quantitative estimate of drug-likeness (QED) is 0.360. The zero-order valence-corrected chi connectivity index (χ0v) is 18.8. The zero-order valence-electron chi connectivity index (χ0n) is 17.3. The van der Waals surface area contributed by atoms with Crippen molar-refractivity contribution in [3.63, 3.8) is 0 Å². The molecule has 32 heavy (non-hydrogen) atoms. The van der Waals surface area contributed by atoms with E-state index < -0.39 is 11.6 Å². The van der Waals surface area contributed by atoms with Gasteiger partial charge < -0.3 is 9.84 Å². The molecule has 0 saturated heterocycles. The summed E-state index contributed by atoms with van der Waals surface area (Å²) in [6.07, 6.45) is 0. The van der Waals surface area contributed by atoms with Gasteiger partial charge in [0.25, 0.3) is 0 Å². The van der Waals surface area contributed by atoms with Gasteiger partial charge in [-0.05, 0) is 55.3 Å². The standard InChI is InChI=1S/C25H18Cl2N2O3/c1-25(2)21-22(24(30)31)28-29(19-11-9-16(26)13-18(19)27)23(21)17-10-8-15(12-20(17)32-25)14-6-4-3-5-7-14/h3-13H,1-2H3,(H,30,31). The van der Waals surface area contributed by atoms with Gasteiger partial charge in [0, 0.05) is 10.6 Å². The molecule has 1 N–H and O–H groups in total. The Labute approximate surface area is 194 Å². The normalized spacial score (nSPS) is 13.8. The van der Waals surface area contributed by atoms with Crippen LogP contribution in [0.5, 0.6) is 5.75 Å². The third-order valence-electron chi connectivity index (χ3n) is 5.54. The molecule has 1 aliphatic rings. The second-order valence-corrected chi connectivity index (χ2v) is 8.92. The number of halogens is 2. The van der Waals surface area contributed by atoms with Gasteiger partial charge in [-0.25, -0.2) is 9.48 Å². The number of carboxylic acids is 1. The Balaban J connectivity index is 1.80. The van der Waals surface area contributed by atoms with Gasteiger partial charge in [0.15, 0.2) is 5.69 Å². The van der Waals surface area contributed by atoms with E-state index >= 15 is 0 Å². The number of aromatic nitrogens is 2. The fourth-order valence-electron chi connectivity index (χ4n) is 4.15. The Morgan fingerprint density at radius 2 is 1.75 bits per heavy atom. The molecule has 0 fully saturated rings. The molecule has 2 heterocycles.